The van der Waals surface area contributed by atoms with Gasteiger partial charge in [0.2, 0.25) is 0 Å². The molecule has 1 N–H and O–H groups in total. The molecule has 0 radical (unpaired) electrons. The topological polar surface area (TPSA) is 38.7 Å². The summed E-state index contributed by atoms with van der Waals surface area (Å²) < 4.78 is 35.1. The molecule has 0 saturated heterocycles. The Bertz CT molecular complexity index is 364. The lowest BCUT2D eigenvalue weighted by Crippen LogP contribution is -2.30. The lowest BCUT2D eigenvalue weighted by atomic mass is 9.96. The zero-order chi connectivity index (χ0) is 12.3. The minimum Gasteiger partial charge on any atom is -0.493 e. The fourth-order valence-corrected chi connectivity index (χ4v) is 1.28. The zero-order valence-corrected chi connectivity index (χ0v) is 9.33. The third-order valence-electron chi connectivity index (χ3n) is 2.39. The molecule has 0 bridgehead atoms. The smallest absolute Gasteiger partial charge is 0.270 e. The van der Waals surface area contributed by atoms with Crippen LogP contribution in [-0.4, -0.2) is 25.8 Å². The maximum Gasteiger partial charge on any atom is 0.270 e. The SMILES string of the molecule is COc1ccc(C(C)(O)C(F)F)cc1OC. The standard InChI is InChI=1S/C11H14F2O3/c1-11(14,10(12)13)7-4-5-8(15-2)9(6-7)16-3/h4-6,10,14H,1-3H3. The molecule has 0 aromatic heterocycles. The van der Waals surface area contributed by atoms with E-state index in [0.717, 1.165) is 6.92 Å². The summed E-state index contributed by atoms with van der Waals surface area (Å²) in [4.78, 5) is 0. The Kier molecular flexibility index (Phi) is 3.70. The van der Waals surface area contributed by atoms with E-state index in [0.29, 0.717) is 11.5 Å². The van der Waals surface area contributed by atoms with Gasteiger partial charge in [-0.15, -0.1) is 0 Å². The Hall–Kier alpha value is -1.36. The first-order chi connectivity index (χ1) is 7.43. The molecule has 0 heterocycles. The monoisotopic (exact) mass is 232 g/mol. The van der Waals surface area contributed by atoms with Crippen LogP contribution >= 0.6 is 0 Å². The van der Waals surface area contributed by atoms with E-state index in [-0.39, 0.29) is 5.56 Å². The predicted octanol–water partition coefficient (Wildman–Crippen LogP) is 2.18. The van der Waals surface area contributed by atoms with Crippen molar-refractivity contribution in [2.45, 2.75) is 19.0 Å². The molecule has 0 aliphatic rings. The summed E-state index contributed by atoms with van der Waals surface area (Å²) in [5.41, 5.74) is -2.11. The first-order valence-electron chi connectivity index (χ1n) is 4.66. The van der Waals surface area contributed by atoms with Gasteiger partial charge in [-0.1, -0.05) is 6.07 Å². The van der Waals surface area contributed by atoms with Gasteiger partial charge in [0.15, 0.2) is 11.5 Å². The summed E-state index contributed by atoms with van der Waals surface area (Å²) in [5.74, 6) is 0.734. The normalized spacial score (nSPS) is 14.7. The summed E-state index contributed by atoms with van der Waals surface area (Å²) >= 11 is 0. The number of aliphatic hydroxyl groups is 1. The van der Waals surface area contributed by atoms with Gasteiger partial charge in [-0.2, -0.15) is 0 Å². The largest absolute Gasteiger partial charge is 0.493 e. The maximum absolute atomic E-state index is 12.6. The molecule has 0 aliphatic carbocycles. The van der Waals surface area contributed by atoms with Gasteiger partial charge in [0.1, 0.15) is 5.60 Å². The van der Waals surface area contributed by atoms with Crippen molar-refractivity contribution in [1.82, 2.24) is 0 Å². The van der Waals surface area contributed by atoms with E-state index < -0.39 is 12.0 Å². The van der Waals surface area contributed by atoms with E-state index in [1.54, 1.807) is 0 Å². The van der Waals surface area contributed by atoms with Crippen LogP contribution in [0.1, 0.15) is 12.5 Å². The fraction of sp³-hybridized carbons (Fsp3) is 0.455. The van der Waals surface area contributed by atoms with Gasteiger partial charge in [-0.3, -0.25) is 0 Å². The number of halogens is 2. The van der Waals surface area contributed by atoms with Crippen LogP contribution in [0.15, 0.2) is 18.2 Å². The van der Waals surface area contributed by atoms with Crippen molar-refractivity contribution in [3.63, 3.8) is 0 Å². The Morgan fingerprint density at radius 1 is 1.19 bits per heavy atom. The van der Waals surface area contributed by atoms with Crippen molar-refractivity contribution in [3.8, 4) is 11.5 Å². The molecule has 5 heteroatoms. The van der Waals surface area contributed by atoms with E-state index in [2.05, 4.69) is 0 Å². The van der Waals surface area contributed by atoms with Crippen LogP contribution in [0.2, 0.25) is 0 Å². The van der Waals surface area contributed by atoms with E-state index in [9.17, 15) is 13.9 Å². The average Bonchev–Trinajstić information content (AvgIpc) is 2.27. The molecule has 3 nitrogen and oxygen atoms in total. The molecular formula is C11H14F2O3. The number of hydrogen-bond acceptors (Lipinski definition) is 3. The lowest BCUT2D eigenvalue weighted by molar-refractivity contribution is -0.0884. The second kappa shape index (κ2) is 4.65. The number of rotatable bonds is 4. The van der Waals surface area contributed by atoms with Crippen LogP contribution in [-0.2, 0) is 5.60 Å². The first kappa shape index (κ1) is 12.7. The van der Waals surface area contributed by atoms with Crippen molar-refractivity contribution in [2.24, 2.45) is 0 Å². The van der Waals surface area contributed by atoms with Gasteiger partial charge in [-0.25, -0.2) is 8.78 Å². The summed E-state index contributed by atoms with van der Waals surface area (Å²) in [6, 6.07) is 4.20. The van der Waals surface area contributed by atoms with Crippen LogP contribution in [0.3, 0.4) is 0 Å². The molecule has 0 fully saturated rings. The van der Waals surface area contributed by atoms with Crippen molar-refractivity contribution in [2.75, 3.05) is 14.2 Å². The molecule has 1 rings (SSSR count). The highest BCUT2D eigenvalue weighted by atomic mass is 19.3. The van der Waals surface area contributed by atoms with Crippen LogP contribution in [0.25, 0.3) is 0 Å². The molecule has 90 valence electrons. The average molecular weight is 232 g/mol. The third kappa shape index (κ3) is 2.24. The minimum atomic E-state index is -2.87. The van der Waals surface area contributed by atoms with Gasteiger partial charge in [0.25, 0.3) is 6.43 Å². The molecule has 1 unspecified atom stereocenters. The van der Waals surface area contributed by atoms with Gasteiger partial charge >= 0.3 is 0 Å². The summed E-state index contributed by atoms with van der Waals surface area (Å²) in [6.45, 7) is 1.05. The van der Waals surface area contributed by atoms with Crippen molar-refractivity contribution in [1.29, 1.82) is 0 Å². The summed E-state index contributed by atoms with van der Waals surface area (Å²) in [5, 5.41) is 9.60. The van der Waals surface area contributed by atoms with Crippen LogP contribution in [0.5, 0.6) is 11.5 Å². The van der Waals surface area contributed by atoms with Crippen molar-refractivity contribution < 1.29 is 23.4 Å². The number of methoxy groups -OCH3 is 2. The van der Waals surface area contributed by atoms with Gasteiger partial charge in [0.05, 0.1) is 14.2 Å². The molecule has 0 aliphatic heterocycles. The Morgan fingerprint density at radius 3 is 2.19 bits per heavy atom. The molecule has 1 aromatic carbocycles. The molecule has 0 saturated carbocycles. The van der Waals surface area contributed by atoms with Gasteiger partial charge < -0.3 is 14.6 Å². The summed E-state index contributed by atoms with van der Waals surface area (Å²) in [6.07, 6.45) is -2.87. The zero-order valence-electron chi connectivity index (χ0n) is 9.33. The molecule has 1 atom stereocenters. The Labute approximate surface area is 92.6 Å². The Balaban J connectivity index is 3.17. The van der Waals surface area contributed by atoms with Crippen LogP contribution < -0.4 is 9.47 Å². The van der Waals surface area contributed by atoms with Crippen molar-refractivity contribution >= 4 is 0 Å². The predicted molar refractivity (Wildman–Crippen MR) is 55.1 cm³/mol. The first-order valence-corrected chi connectivity index (χ1v) is 4.66. The van der Waals surface area contributed by atoms with Crippen molar-refractivity contribution in [3.05, 3.63) is 23.8 Å². The molecule has 0 spiro atoms. The highest BCUT2D eigenvalue weighted by molar-refractivity contribution is 5.44. The number of benzene rings is 1. The molecule has 16 heavy (non-hydrogen) atoms. The van der Waals surface area contributed by atoms with Gasteiger partial charge in [-0.05, 0) is 24.6 Å². The highest BCUT2D eigenvalue weighted by Crippen LogP contribution is 2.34. The van der Waals surface area contributed by atoms with E-state index in [4.69, 9.17) is 9.47 Å². The quantitative estimate of drug-likeness (QED) is 0.864. The van der Waals surface area contributed by atoms with E-state index >= 15 is 0 Å². The highest BCUT2D eigenvalue weighted by Gasteiger charge is 2.34. The Morgan fingerprint density at radius 2 is 1.75 bits per heavy atom. The van der Waals surface area contributed by atoms with Gasteiger partial charge in [0, 0.05) is 0 Å². The second-order valence-electron chi connectivity index (χ2n) is 3.52. The maximum atomic E-state index is 12.6. The van der Waals surface area contributed by atoms with E-state index in [1.807, 2.05) is 0 Å². The second-order valence-corrected chi connectivity index (χ2v) is 3.52. The third-order valence-corrected chi connectivity index (χ3v) is 2.39. The lowest BCUT2D eigenvalue weighted by Gasteiger charge is -2.23. The molecule has 1 aromatic rings. The molecule has 0 amide bonds. The number of alkyl halides is 2. The fourth-order valence-electron chi connectivity index (χ4n) is 1.28. The van der Waals surface area contributed by atoms with E-state index in [1.165, 1.54) is 32.4 Å². The summed E-state index contributed by atoms with van der Waals surface area (Å²) in [7, 11) is 2.85. The van der Waals surface area contributed by atoms with Crippen LogP contribution in [0.4, 0.5) is 8.78 Å². The molecular weight excluding hydrogens is 218 g/mol. The van der Waals surface area contributed by atoms with Crippen LogP contribution in [0, 0.1) is 0 Å². The minimum absolute atomic E-state index is 0.0835. The number of hydrogen-bond donors (Lipinski definition) is 1. The number of ether oxygens (including phenoxy) is 2.